The van der Waals surface area contributed by atoms with Gasteiger partial charge in [0.15, 0.2) is 0 Å². The molecule has 3 nitrogen and oxygen atoms in total. The maximum Gasteiger partial charge on any atom is 0.303 e. The molecule has 0 radical (unpaired) electrons. The van der Waals surface area contributed by atoms with Crippen LogP contribution in [-0.4, -0.2) is 11.1 Å². The number of carbonyl (C=O) groups is 1. The van der Waals surface area contributed by atoms with Gasteiger partial charge >= 0.3 is 5.97 Å². The van der Waals surface area contributed by atoms with Crippen LogP contribution >= 0.6 is 0 Å². The van der Waals surface area contributed by atoms with E-state index >= 15 is 0 Å². The highest BCUT2D eigenvalue weighted by Crippen LogP contribution is 2.47. The van der Waals surface area contributed by atoms with Gasteiger partial charge in [0.1, 0.15) is 0 Å². The van der Waals surface area contributed by atoms with Gasteiger partial charge < -0.3 is 10.4 Å². The second-order valence-corrected chi connectivity index (χ2v) is 6.96. The third-order valence-corrected chi connectivity index (χ3v) is 3.74. The molecule has 3 heteroatoms. The molecule has 104 valence electrons. The standard InChI is InChI=1S/C16H23NO2/c1-15(2,3)11-8-10(6-7-13(18)19)9-12-14(11)17-16(12,4)5/h8-9,17H,6-7H2,1-5H3,(H,18,19). The first-order chi connectivity index (χ1) is 8.61. The van der Waals surface area contributed by atoms with Gasteiger partial charge in [-0.05, 0) is 36.8 Å². The minimum atomic E-state index is -0.739. The first-order valence-corrected chi connectivity index (χ1v) is 6.79. The number of aryl methyl sites for hydroxylation is 1. The topological polar surface area (TPSA) is 49.3 Å². The van der Waals surface area contributed by atoms with Crippen LogP contribution in [0.15, 0.2) is 12.1 Å². The lowest BCUT2D eigenvalue weighted by molar-refractivity contribution is -0.136. The number of carboxylic acids is 1. The summed E-state index contributed by atoms with van der Waals surface area (Å²) in [6, 6.07) is 4.31. The van der Waals surface area contributed by atoms with Gasteiger partial charge in [-0.2, -0.15) is 0 Å². The van der Waals surface area contributed by atoms with Crippen LogP contribution in [0.5, 0.6) is 0 Å². The summed E-state index contributed by atoms with van der Waals surface area (Å²) in [5, 5.41) is 12.3. The number of aliphatic carboxylic acids is 1. The monoisotopic (exact) mass is 261 g/mol. The average Bonchev–Trinajstić information content (AvgIpc) is 2.24. The molecule has 0 aliphatic carbocycles. The fraction of sp³-hybridized carbons (Fsp3) is 0.562. The van der Waals surface area contributed by atoms with E-state index in [0.717, 1.165) is 5.56 Å². The average molecular weight is 261 g/mol. The van der Waals surface area contributed by atoms with Crippen LogP contribution in [0, 0.1) is 0 Å². The molecule has 1 aromatic carbocycles. The lowest BCUT2D eigenvalue weighted by atomic mass is 9.75. The Morgan fingerprint density at radius 2 is 1.95 bits per heavy atom. The molecule has 2 rings (SSSR count). The first kappa shape index (κ1) is 13.9. The molecule has 0 amide bonds. The Labute approximate surface area is 115 Å². The quantitative estimate of drug-likeness (QED) is 0.873. The minimum Gasteiger partial charge on any atom is -0.481 e. The SMILES string of the molecule is CC(C)(C)c1cc(CCC(=O)O)cc2c1NC2(C)C. The molecule has 0 spiro atoms. The molecule has 0 aromatic heterocycles. The fourth-order valence-electron chi connectivity index (χ4n) is 2.63. The van der Waals surface area contributed by atoms with E-state index in [-0.39, 0.29) is 17.4 Å². The molecule has 1 heterocycles. The Hall–Kier alpha value is -1.51. The van der Waals surface area contributed by atoms with Crippen LogP contribution in [0.1, 0.15) is 57.7 Å². The highest BCUT2D eigenvalue weighted by Gasteiger charge is 2.37. The molecule has 0 atom stereocenters. The summed E-state index contributed by atoms with van der Waals surface area (Å²) in [5.74, 6) is -0.739. The number of nitrogens with one attached hydrogen (secondary N) is 1. The lowest BCUT2D eigenvalue weighted by Gasteiger charge is -2.44. The fourth-order valence-corrected chi connectivity index (χ4v) is 2.63. The van der Waals surface area contributed by atoms with Crippen molar-refractivity contribution < 1.29 is 9.90 Å². The lowest BCUT2D eigenvalue weighted by Crippen LogP contribution is -2.40. The molecule has 2 N–H and O–H groups in total. The molecular formula is C16H23NO2. The molecule has 1 aliphatic heterocycles. The van der Waals surface area contributed by atoms with Gasteiger partial charge in [0, 0.05) is 17.7 Å². The Bertz CT molecular complexity index is 524. The smallest absolute Gasteiger partial charge is 0.303 e. The van der Waals surface area contributed by atoms with Gasteiger partial charge in [0.05, 0.1) is 5.54 Å². The van der Waals surface area contributed by atoms with Crippen molar-refractivity contribution >= 4 is 11.7 Å². The largest absolute Gasteiger partial charge is 0.481 e. The molecule has 0 saturated heterocycles. The molecule has 1 aliphatic rings. The van der Waals surface area contributed by atoms with Crippen molar-refractivity contribution in [2.75, 3.05) is 5.32 Å². The molecular weight excluding hydrogens is 238 g/mol. The Morgan fingerprint density at radius 3 is 2.42 bits per heavy atom. The number of anilines is 1. The zero-order valence-electron chi connectivity index (χ0n) is 12.4. The zero-order valence-corrected chi connectivity index (χ0v) is 12.4. The Morgan fingerprint density at radius 1 is 1.32 bits per heavy atom. The van der Waals surface area contributed by atoms with Crippen LogP contribution in [-0.2, 0) is 22.2 Å². The van der Waals surface area contributed by atoms with Crippen LogP contribution in [0.2, 0.25) is 0 Å². The second-order valence-electron chi connectivity index (χ2n) is 6.96. The van der Waals surface area contributed by atoms with Crippen LogP contribution in [0.4, 0.5) is 5.69 Å². The Kier molecular flexibility index (Phi) is 3.12. The van der Waals surface area contributed by atoms with Crippen LogP contribution in [0.25, 0.3) is 0 Å². The van der Waals surface area contributed by atoms with Crippen molar-refractivity contribution in [2.45, 2.75) is 58.4 Å². The number of rotatable bonds is 3. The van der Waals surface area contributed by atoms with Crippen molar-refractivity contribution in [1.29, 1.82) is 0 Å². The van der Waals surface area contributed by atoms with Crippen molar-refractivity contribution in [3.05, 3.63) is 28.8 Å². The summed E-state index contributed by atoms with van der Waals surface area (Å²) >= 11 is 0. The maximum absolute atomic E-state index is 10.7. The van der Waals surface area contributed by atoms with E-state index in [1.165, 1.54) is 16.8 Å². The highest BCUT2D eigenvalue weighted by atomic mass is 16.4. The number of benzene rings is 1. The van der Waals surface area contributed by atoms with E-state index in [0.29, 0.717) is 6.42 Å². The van der Waals surface area contributed by atoms with E-state index in [2.05, 4.69) is 52.1 Å². The number of hydrogen-bond acceptors (Lipinski definition) is 2. The highest BCUT2D eigenvalue weighted by molar-refractivity contribution is 5.73. The van der Waals surface area contributed by atoms with E-state index in [1.807, 2.05) is 0 Å². The van der Waals surface area contributed by atoms with Gasteiger partial charge in [-0.25, -0.2) is 0 Å². The van der Waals surface area contributed by atoms with Crippen LogP contribution in [0.3, 0.4) is 0 Å². The van der Waals surface area contributed by atoms with Crippen molar-refractivity contribution in [3.63, 3.8) is 0 Å². The third-order valence-electron chi connectivity index (χ3n) is 3.74. The summed E-state index contributed by atoms with van der Waals surface area (Å²) in [6.07, 6.45) is 0.790. The third kappa shape index (κ3) is 2.60. The summed E-state index contributed by atoms with van der Waals surface area (Å²) in [7, 11) is 0. The van der Waals surface area contributed by atoms with Crippen molar-refractivity contribution in [1.82, 2.24) is 0 Å². The van der Waals surface area contributed by atoms with E-state index < -0.39 is 5.97 Å². The number of carboxylic acid groups (broad SMARTS) is 1. The molecule has 0 saturated carbocycles. The number of fused-ring (bicyclic) bond motifs is 1. The zero-order chi connectivity index (χ0) is 14.4. The summed E-state index contributed by atoms with van der Waals surface area (Å²) in [6.45, 7) is 10.9. The molecule has 1 aromatic rings. The molecule has 0 fully saturated rings. The van der Waals surface area contributed by atoms with E-state index in [9.17, 15) is 4.79 Å². The van der Waals surface area contributed by atoms with Crippen molar-refractivity contribution in [3.8, 4) is 0 Å². The molecule has 0 bridgehead atoms. The van der Waals surface area contributed by atoms with Crippen LogP contribution < -0.4 is 5.32 Å². The maximum atomic E-state index is 10.7. The van der Waals surface area contributed by atoms with Gasteiger partial charge in [0.25, 0.3) is 0 Å². The summed E-state index contributed by atoms with van der Waals surface area (Å²) in [4.78, 5) is 10.7. The second kappa shape index (κ2) is 4.26. The normalized spacial score (nSPS) is 16.3. The van der Waals surface area contributed by atoms with E-state index in [1.54, 1.807) is 0 Å². The molecule has 19 heavy (non-hydrogen) atoms. The van der Waals surface area contributed by atoms with Gasteiger partial charge in [-0.15, -0.1) is 0 Å². The van der Waals surface area contributed by atoms with Gasteiger partial charge in [-0.3, -0.25) is 4.79 Å². The minimum absolute atomic E-state index is 0.00539. The summed E-state index contributed by atoms with van der Waals surface area (Å²) < 4.78 is 0. The van der Waals surface area contributed by atoms with Crippen molar-refractivity contribution in [2.24, 2.45) is 0 Å². The first-order valence-electron chi connectivity index (χ1n) is 6.79. The molecule has 0 unspecified atom stereocenters. The summed E-state index contributed by atoms with van der Waals surface area (Å²) in [5.41, 5.74) is 5.00. The van der Waals surface area contributed by atoms with Gasteiger partial charge in [0.2, 0.25) is 0 Å². The predicted octanol–water partition coefficient (Wildman–Crippen LogP) is 3.66. The Balaban J connectivity index is 2.42. The van der Waals surface area contributed by atoms with Gasteiger partial charge in [-0.1, -0.05) is 32.9 Å². The predicted molar refractivity (Wildman–Crippen MR) is 77.7 cm³/mol. The van der Waals surface area contributed by atoms with E-state index in [4.69, 9.17) is 5.11 Å². The number of hydrogen-bond donors (Lipinski definition) is 2.